The average Bonchev–Trinajstić information content (AvgIpc) is 3.38. The summed E-state index contributed by atoms with van der Waals surface area (Å²) >= 11 is 1.68. The molecule has 0 aliphatic rings. The first-order chi connectivity index (χ1) is 13.6. The van der Waals surface area contributed by atoms with Gasteiger partial charge in [0, 0.05) is 4.88 Å². The van der Waals surface area contributed by atoms with Gasteiger partial charge in [-0.05, 0) is 56.2 Å². The fraction of sp³-hybridized carbons (Fsp3) is 0.190. The topological polar surface area (TPSA) is 65.5 Å². The number of nitrogens with zero attached hydrogens (tertiary/aromatic N) is 4. The molecule has 5 aromatic rings. The minimum absolute atomic E-state index is 0.353. The lowest BCUT2D eigenvalue weighted by molar-refractivity contribution is 0.271. The molecule has 0 spiro atoms. The standard InChI is InChI=1S/C21H18N4O2S/c1-12-5-4-6-15(9-12)26-10-16-7-8-17(27-16)19-23-20-18-13(2)14(3)28-21(18)22-11-25(20)24-19/h4-9,11H,10H2,1-3H3. The molecule has 0 N–H and O–H groups in total. The van der Waals surface area contributed by atoms with Gasteiger partial charge in [0.15, 0.2) is 11.4 Å². The molecule has 140 valence electrons. The van der Waals surface area contributed by atoms with Gasteiger partial charge in [-0.25, -0.2) is 14.5 Å². The molecule has 0 bridgehead atoms. The smallest absolute Gasteiger partial charge is 0.217 e. The van der Waals surface area contributed by atoms with Crippen molar-refractivity contribution in [2.24, 2.45) is 0 Å². The van der Waals surface area contributed by atoms with Crippen LogP contribution >= 0.6 is 11.3 Å². The van der Waals surface area contributed by atoms with Gasteiger partial charge in [-0.15, -0.1) is 16.4 Å². The molecular formula is C21H18N4O2S. The van der Waals surface area contributed by atoms with Crippen molar-refractivity contribution in [2.45, 2.75) is 27.4 Å². The minimum Gasteiger partial charge on any atom is -0.486 e. The Labute approximate surface area is 165 Å². The highest BCUT2D eigenvalue weighted by atomic mass is 32.1. The van der Waals surface area contributed by atoms with Gasteiger partial charge in [-0.1, -0.05) is 12.1 Å². The van der Waals surface area contributed by atoms with Crippen molar-refractivity contribution in [1.29, 1.82) is 0 Å². The first-order valence-corrected chi connectivity index (χ1v) is 9.80. The van der Waals surface area contributed by atoms with Crippen LogP contribution < -0.4 is 4.74 Å². The molecule has 0 saturated carbocycles. The lowest BCUT2D eigenvalue weighted by Crippen LogP contribution is -1.93. The summed E-state index contributed by atoms with van der Waals surface area (Å²) in [7, 11) is 0. The molecule has 4 aromatic heterocycles. The van der Waals surface area contributed by atoms with Crippen LogP contribution in [-0.4, -0.2) is 19.6 Å². The van der Waals surface area contributed by atoms with Crippen molar-refractivity contribution in [3.8, 4) is 17.3 Å². The van der Waals surface area contributed by atoms with Gasteiger partial charge >= 0.3 is 0 Å². The molecule has 0 amide bonds. The van der Waals surface area contributed by atoms with Crippen molar-refractivity contribution < 1.29 is 9.15 Å². The number of benzene rings is 1. The number of furan rings is 1. The summed E-state index contributed by atoms with van der Waals surface area (Å²) in [6.07, 6.45) is 1.70. The van der Waals surface area contributed by atoms with E-state index in [0.29, 0.717) is 18.2 Å². The summed E-state index contributed by atoms with van der Waals surface area (Å²) in [6, 6.07) is 11.7. The SMILES string of the molecule is Cc1cccc(OCc2ccc(-c3nc4c5c(C)c(C)sc5ncn4n3)o2)c1. The third-order valence-corrected chi connectivity index (χ3v) is 5.87. The van der Waals surface area contributed by atoms with Crippen LogP contribution in [0.5, 0.6) is 5.75 Å². The summed E-state index contributed by atoms with van der Waals surface area (Å²) < 4.78 is 13.4. The highest BCUT2D eigenvalue weighted by molar-refractivity contribution is 7.18. The fourth-order valence-corrected chi connectivity index (χ4v) is 4.18. The van der Waals surface area contributed by atoms with E-state index in [2.05, 4.69) is 23.9 Å². The fourth-order valence-electron chi connectivity index (χ4n) is 3.18. The highest BCUT2D eigenvalue weighted by Gasteiger charge is 2.16. The quantitative estimate of drug-likeness (QED) is 0.427. The van der Waals surface area contributed by atoms with Crippen LogP contribution in [-0.2, 0) is 6.61 Å². The molecule has 28 heavy (non-hydrogen) atoms. The Morgan fingerprint density at radius 2 is 2.04 bits per heavy atom. The predicted molar refractivity (Wildman–Crippen MR) is 109 cm³/mol. The highest BCUT2D eigenvalue weighted by Crippen LogP contribution is 2.32. The molecule has 0 unspecified atom stereocenters. The van der Waals surface area contributed by atoms with Crippen LogP contribution in [0, 0.1) is 20.8 Å². The van der Waals surface area contributed by atoms with Crippen molar-refractivity contribution in [2.75, 3.05) is 0 Å². The maximum Gasteiger partial charge on any atom is 0.217 e. The van der Waals surface area contributed by atoms with Gasteiger partial charge in [0.1, 0.15) is 29.3 Å². The molecule has 0 aliphatic heterocycles. The van der Waals surface area contributed by atoms with E-state index in [-0.39, 0.29) is 0 Å². The van der Waals surface area contributed by atoms with Gasteiger partial charge in [0.2, 0.25) is 5.82 Å². The van der Waals surface area contributed by atoms with Crippen LogP contribution in [0.25, 0.3) is 27.4 Å². The second kappa shape index (κ2) is 6.45. The van der Waals surface area contributed by atoms with Gasteiger partial charge in [-0.2, -0.15) is 0 Å². The lowest BCUT2D eigenvalue weighted by atomic mass is 10.2. The number of aryl methyl sites for hydroxylation is 3. The van der Waals surface area contributed by atoms with Crippen molar-refractivity contribution in [3.63, 3.8) is 0 Å². The summed E-state index contributed by atoms with van der Waals surface area (Å²) in [4.78, 5) is 11.4. The molecule has 0 aliphatic carbocycles. The van der Waals surface area contributed by atoms with E-state index in [1.54, 1.807) is 22.2 Å². The molecule has 4 heterocycles. The van der Waals surface area contributed by atoms with Gasteiger partial charge in [0.25, 0.3) is 0 Å². The second-order valence-corrected chi connectivity index (χ2v) is 7.99. The van der Waals surface area contributed by atoms with Crippen LogP contribution in [0.2, 0.25) is 0 Å². The molecule has 7 heteroatoms. The monoisotopic (exact) mass is 390 g/mol. The Hall–Kier alpha value is -3.19. The number of hydrogen-bond donors (Lipinski definition) is 0. The van der Waals surface area contributed by atoms with Gasteiger partial charge in [0.05, 0.1) is 5.39 Å². The molecule has 0 fully saturated rings. The van der Waals surface area contributed by atoms with E-state index >= 15 is 0 Å². The van der Waals surface area contributed by atoms with Gasteiger partial charge in [-0.3, -0.25) is 0 Å². The molecule has 0 radical (unpaired) electrons. The first kappa shape index (κ1) is 16.9. The predicted octanol–water partition coefficient (Wildman–Crippen LogP) is 5.10. The number of aromatic nitrogens is 4. The van der Waals surface area contributed by atoms with Crippen molar-refractivity contribution in [1.82, 2.24) is 19.6 Å². The number of fused-ring (bicyclic) bond motifs is 3. The Kier molecular flexibility index (Phi) is 3.91. The van der Waals surface area contributed by atoms with Gasteiger partial charge < -0.3 is 9.15 Å². The number of rotatable bonds is 4. The summed E-state index contributed by atoms with van der Waals surface area (Å²) in [5.74, 6) is 2.70. The Balaban J connectivity index is 1.45. The maximum atomic E-state index is 5.92. The normalized spacial score (nSPS) is 11.5. The Bertz CT molecular complexity index is 1310. The summed E-state index contributed by atoms with van der Waals surface area (Å²) in [5.41, 5.74) is 3.16. The zero-order valence-electron chi connectivity index (χ0n) is 15.8. The van der Waals surface area contributed by atoms with E-state index in [0.717, 1.165) is 32.9 Å². The average molecular weight is 390 g/mol. The second-order valence-electron chi connectivity index (χ2n) is 6.78. The van der Waals surface area contributed by atoms with Crippen LogP contribution in [0.3, 0.4) is 0 Å². The largest absolute Gasteiger partial charge is 0.486 e. The van der Waals surface area contributed by atoms with E-state index < -0.39 is 0 Å². The minimum atomic E-state index is 0.353. The van der Waals surface area contributed by atoms with Crippen LogP contribution in [0.15, 0.2) is 47.1 Å². The van der Waals surface area contributed by atoms with E-state index in [9.17, 15) is 0 Å². The number of hydrogen-bond acceptors (Lipinski definition) is 6. The Morgan fingerprint density at radius 3 is 2.89 bits per heavy atom. The molecule has 6 nitrogen and oxygen atoms in total. The number of ether oxygens (including phenoxy) is 1. The lowest BCUT2D eigenvalue weighted by Gasteiger charge is -2.04. The first-order valence-electron chi connectivity index (χ1n) is 8.98. The van der Waals surface area contributed by atoms with Crippen LogP contribution in [0.1, 0.15) is 21.8 Å². The molecule has 1 aromatic carbocycles. The third kappa shape index (κ3) is 2.84. The Morgan fingerprint density at radius 1 is 1.14 bits per heavy atom. The molecule has 0 saturated heterocycles. The maximum absolute atomic E-state index is 5.92. The summed E-state index contributed by atoms with van der Waals surface area (Å²) in [5, 5.41) is 5.59. The van der Waals surface area contributed by atoms with Crippen LogP contribution in [0.4, 0.5) is 0 Å². The third-order valence-electron chi connectivity index (χ3n) is 4.76. The molecular weight excluding hydrogens is 372 g/mol. The van der Waals surface area contributed by atoms with E-state index in [1.807, 2.05) is 43.3 Å². The molecule has 0 atom stereocenters. The summed E-state index contributed by atoms with van der Waals surface area (Å²) in [6.45, 7) is 6.58. The zero-order chi connectivity index (χ0) is 19.3. The van der Waals surface area contributed by atoms with Crippen molar-refractivity contribution >= 4 is 27.2 Å². The van der Waals surface area contributed by atoms with E-state index in [1.165, 1.54) is 10.4 Å². The van der Waals surface area contributed by atoms with Crippen molar-refractivity contribution in [3.05, 3.63) is 64.5 Å². The number of thiophene rings is 1. The van der Waals surface area contributed by atoms with E-state index in [4.69, 9.17) is 14.1 Å². The molecule has 5 rings (SSSR count). The zero-order valence-corrected chi connectivity index (χ0v) is 16.6.